The number of ether oxygens (including phenoxy) is 2. The van der Waals surface area contributed by atoms with Crippen LogP contribution in [0.5, 0.6) is 11.5 Å². The molecule has 0 radical (unpaired) electrons. The summed E-state index contributed by atoms with van der Waals surface area (Å²) in [6.07, 6.45) is 1.54. The van der Waals surface area contributed by atoms with Crippen LogP contribution >= 0.6 is 0 Å². The first kappa shape index (κ1) is 19.2. The predicted molar refractivity (Wildman–Crippen MR) is 111 cm³/mol. The average Bonchev–Trinajstić information content (AvgIpc) is 2.71. The molecule has 0 saturated heterocycles. The van der Waals surface area contributed by atoms with E-state index in [0.29, 0.717) is 22.9 Å². The number of nitrogens with zero attached hydrogens (tertiary/aromatic N) is 1. The van der Waals surface area contributed by atoms with Gasteiger partial charge in [0, 0.05) is 18.0 Å². The molecule has 0 atom stereocenters. The summed E-state index contributed by atoms with van der Waals surface area (Å²) in [5.74, 6) is 1.75. The van der Waals surface area contributed by atoms with Crippen LogP contribution in [0.3, 0.4) is 0 Å². The summed E-state index contributed by atoms with van der Waals surface area (Å²) in [4.78, 5) is 16.9. The normalized spacial score (nSPS) is 10.3. The maximum absolute atomic E-state index is 12.6. The Labute approximate surface area is 164 Å². The van der Waals surface area contributed by atoms with E-state index in [2.05, 4.69) is 15.6 Å². The highest BCUT2D eigenvalue weighted by molar-refractivity contribution is 6.05. The second-order valence-corrected chi connectivity index (χ2v) is 6.34. The monoisotopic (exact) mass is 377 g/mol. The number of pyridine rings is 1. The zero-order valence-electron chi connectivity index (χ0n) is 16.4. The largest absolute Gasteiger partial charge is 0.497 e. The van der Waals surface area contributed by atoms with E-state index in [1.54, 1.807) is 38.6 Å². The highest BCUT2D eigenvalue weighted by atomic mass is 16.5. The van der Waals surface area contributed by atoms with Gasteiger partial charge in [-0.05, 0) is 49.2 Å². The Morgan fingerprint density at radius 1 is 0.964 bits per heavy atom. The molecule has 1 aromatic heterocycles. The van der Waals surface area contributed by atoms with Crippen molar-refractivity contribution in [2.45, 2.75) is 13.8 Å². The number of nitrogens with one attached hydrogen (secondary N) is 2. The van der Waals surface area contributed by atoms with E-state index in [1.165, 1.54) is 0 Å². The van der Waals surface area contributed by atoms with Crippen molar-refractivity contribution < 1.29 is 14.3 Å². The van der Waals surface area contributed by atoms with Gasteiger partial charge in [0.2, 0.25) is 0 Å². The summed E-state index contributed by atoms with van der Waals surface area (Å²) in [6, 6.07) is 14.9. The molecule has 0 fully saturated rings. The van der Waals surface area contributed by atoms with Gasteiger partial charge in [-0.15, -0.1) is 0 Å². The Morgan fingerprint density at radius 2 is 1.71 bits per heavy atom. The Morgan fingerprint density at radius 3 is 2.32 bits per heavy atom. The lowest BCUT2D eigenvalue weighted by Gasteiger charge is -2.13. The van der Waals surface area contributed by atoms with Crippen LogP contribution in [-0.4, -0.2) is 25.1 Å². The minimum atomic E-state index is -0.196. The first-order valence-corrected chi connectivity index (χ1v) is 8.84. The van der Waals surface area contributed by atoms with E-state index in [4.69, 9.17) is 9.47 Å². The molecule has 2 N–H and O–H groups in total. The number of rotatable bonds is 6. The molecule has 144 valence electrons. The first-order chi connectivity index (χ1) is 13.5. The number of aromatic nitrogens is 1. The van der Waals surface area contributed by atoms with Gasteiger partial charge in [0.05, 0.1) is 25.5 Å². The standard InChI is InChI=1S/C22H23N3O3/c1-14-6-5-7-15(2)21(14)25-22(26)16-8-11-20(23-13-16)24-18-10-9-17(27-3)12-19(18)28-4/h5-13H,1-4H3,(H,23,24)(H,25,26). The number of anilines is 3. The fraction of sp³-hybridized carbons (Fsp3) is 0.182. The fourth-order valence-corrected chi connectivity index (χ4v) is 2.84. The molecule has 6 nitrogen and oxygen atoms in total. The van der Waals surface area contributed by atoms with Gasteiger partial charge >= 0.3 is 0 Å². The molecular weight excluding hydrogens is 354 g/mol. The number of carbonyl (C=O) groups is 1. The van der Waals surface area contributed by atoms with Gasteiger partial charge in [-0.3, -0.25) is 4.79 Å². The number of benzene rings is 2. The van der Waals surface area contributed by atoms with Gasteiger partial charge in [-0.2, -0.15) is 0 Å². The number of hydrogen-bond acceptors (Lipinski definition) is 5. The summed E-state index contributed by atoms with van der Waals surface area (Å²) in [5, 5.41) is 6.15. The number of hydrogen-bond donors (Lipinski definition) is 2. The van der Waals surface area contributed by atoms with Crippen molar-refractivity contribution in [1.82, 2.24) is 4.98 Å². The molecule has 0 aliphatic heterocycles. The molecule has 1 heterocycles. The summed E-state index contributed by atoms with van der Waals surface area (Å²) in [7, 11) is 3.19. The molecular formula is C22H23N3O3. The third kappa shape index (κ3) is 4.23. The molecule has 1 amide bonds. The van der Waals surface area contributed by atoms with Gasteiger partial charge in [-0.1, -0.05) is 18.2 Å². The quantitative estimate of drug-likeness (QED) is 0.651. The number of carbonyl (C=O) groups excluding carboxylic acids is 1. The van der Waals surface area contributed by atoms with Gasteiger partial charge < -0.3 is 20.1 Å². The molecule has 2 aromatic carbocycles. The van der Waals surface area contributed by atoms with Crippen molar-refractivity contribution >= 4 is 23.1 Å². The van der Waals surface area contributed by atoms with Crippen LogP contribution in [0.2, 0.25) is 0 Å². The van der Waals surface area contributed by atoms with E-state index in [1.807, 2.05) is 44.2 Å². The number of para-hydroxylation sites is 1. The van der Waals surface area contributed by atoms with E-state index in [0.717, 1.165) is 22.5 Å². The van der Waals surface area contributed by atoms with Crippen molar-refractivity contribution in [3.8, 4) is 11.5 Å². The van der Waals surface area contributed by atoms with E-state index < -0.39 is 0 Å². The fourth-order valence-electron chi connectivity index (χ4n) is 2.84. The third-order valence-electron chi connectivity index (χ3n) is 4.42. The molecule has 0 unspecified atom stereocenters. The number of aryl methyl sites for hydroxylation is 2. The second-order valence-electron chi connectivity index (χ2n) is 6.34. The van der Waals surface area contributed by atoms with Crippen LogP contribution < -0.4 is 20.1 Å². The molecule has 0 aliphatic rings. The van der Waals surface area contributed by atoms with Crippen LogP contribution in [-0.2, 0) is 0 Å². The van der Waals surface area contributed by atoms with Crippen molar-refractivity contribution in [3.63, 3.8) is 0 Å². The van der Waals surface area contributed by atoms with Gasteiger partial charge in [0.25, 0.3) is 5.91 Å². The molecule has 0 aliphatic carbocycles. The van der Waals surface area contributed by atoms with Gasteiger partial charge in [0.1, 0.15) is 17.3 Å². The van der Waals surface area contributed by atoms with Crippen molar-refractivity contribution in [1.29, 1.82) is 0 Å². The SMILES string of the molecule is COc1ccc(Nc2ccc(C(=O)Nc3c(C)cccc3C)cn2)c(OC)c1. The Hall–Kier alpha value is -3.54. The highest BCUT2D eigenvalue weighted by Crippen LogP contribution is 2.31. The maximum Gasteiger partial charge on any atom is 0.257 e. The molecule has 28 heavy (non-hydrogen) atoms. The van der Waals surface area contributed by atoms with Gasteiger partial charge in [-0.25, -0.2) is 4.98 Å². The summed E-state index contributed by atoms with van der Waals surface area (Å²) >= 11 is 0. The molecule has 0 bridgehead atoms. The lowest BCUT2D eigenvalue weighted by molar-refractivity contribution is 0.102. The van der Waals surface area contributed by atoms with Crippen LogP contribution in [0, 0.1) is 13.8 Å². The van der Waals surface area contributed by atoms with Crippen LogP contribution in [0.1, 0.15) is 21.5 Å². The second kappa shape index (κ2) is 8.43. The van der Waals surface area contributed by atoms with Crippen LogP contribution in [0.4, 0.5) is 17.2 Å². The molecule has 3 aromatic rings. The maximum atomic E-state index is 12.6. The van der Waals surface area contributed by atoms with E-state index in [9.17, 15) is 4.79 Å². The lowest BCUT2D eigenvalue weighted by Crippen LogP contribution is -2.14. The van der Waals surface area contributed by atoms with E-state index >= 15 is 0 Å². The number of methoxy groups -OCH3 is 2. The average molecular weight is 377 g/mol. The van der Waals surface area contributed by atoms with Crippen molar-refractivity contribution in [3.05, 3.63) is 71.4 Å². The topological polar surface area (TPSA) is 72.5 Å². The van der Waals surface area contributed by atoms with Crippen LogP contribution in [0.15, 0.2) is 54.7 Å². The minimum Gasteiger partial charge on any atom is -0.497 e. The zero-order chi connectivity index (χ0) is 20.1. The molecule has 0 saturated carbocycles. The third-order valence-corrected chi connectivity index (χ3v) is 4.42. The van der Waals surface area contributed by atoms with Gasteiger partial charge in [0.15, 0.2) is 0 Å². The summed E-state index contributed by atoms with van der Waals surface area (Å²) in [5.41, 5.74) is 4.11. The minimum absolute atomic E-state index is 0.196. The van der Waals surface area contributed by atoms with Crippen molar-refractivity contribution in [2.75, 3.05) is 24.9 Å². The number of amides is 1. The lowest BCUT2D eigenvalue weighted by atomic mass is 10.1. The molecule has 3 rings (SSSR count). The molecule has 0 spiro atoms. The van der Waals surface area contributed by atoms with Crippen molar-refractivity contribution in [2.24, 2.45) is 0 Å². The highest BCUT2D eigenvalue weighted by Gasteiger charge is 2.11. The summed E-state index contributed by atoms with van der Waals surface area (Å²) in [6.45, 7) is 3.94. The zero-order valence-corrected chi connectivity index (χ0v) is 16.4. The molecule has 6 heteroatoms. The smallest absolute Gasteiger partial charge is 0.257 e. The predicted octanol–water partition coefficient (Wildman–Crippen LogP) is 4.71. The Bertz CT molecular complexity index is 965. The first-order valence-electron chi connectivity index (χ1n) is 8.84. The Kier molecular flexibility index (Phi) is 5.79. The van der Waals surface area contributed by atoms with Crippen LogP contribution in [0.25, 0.3) is 0 Å². The Balaban J connectivity index is 1.74. The summed E-state index contributed by atoms with van der Waals surface area (Å²) < 4.78 is 10.6. The van der Waals surface area contributed by atoms with E-state index in [-0.39, 0.29) is 5.91 Å².